The molecule has 0 aliphatic carbocycles. The molecule has 0 aromatic heterocycles. The molecule has 5 nitrogen and oxygen atoms in total. The molecule has 1 amide bonds. The first-order valence-corrected chi connectivity index (χ1v) is 8.56. The molecular weight excluding hydrogens is 328 g/mol. The summed E-state index contributed by atoms with van der Waals surface area (Å²) in [5, 5.41) is 11.2. The molecule has 0 saturated carbocycles. The molecule has 136 valence electrons. The molecule has 0 spiro atoms. The van der Waals surface area contributed by atoms with Crippen LogP contribution in [0.3, 0.4) is 0 Å². The van der Waals surface area contributed by atoms with E-state index < -0.39 is 0 Å². The number of carbonyl (C=O) groups excluding carboxylic acids is 1. The quantitative estimate of drug-likeness (QED) is 0.737. The van der Waals surface area contributed by atoms with Crippen LogP contribution in [0.15, 0.2) is 36.4 Å². The van der Waals surface area contributed by atoms with E-state index in [9.17, 15) is 4.79 Å². The Hall–Kier alpha value is -3.00. The van der Waals surface area contributed by atoms with Gasteiger partial charge in [-0.05, 0) is 55.2 Å². The summed E-state index contributed by atoms with van der Waals surface area (Å²) in [5.41, 5.74) is 4.39. The summed E-state index contributed by atoms with van der Waals surface area (Å²) >= 11 is 0. The molecule has 0 aliphatic rings. The molecule has 2 aromatic rings. The van der Waals surface area contributed by atoms with Crippen LogP contribution < -0.4 is 14.8 Å². The number of hydrogen-bond acceptors (Lipinski definition) is 4. The van der Waals surface area contributed by atoms with Gasteiger partial charge in [0.2, 0.25) is 5.91 Å². The van der Waals surface area contributed by atoms with Gasteiger partial charge in [0.15, 0.2) is 0 Å². The van der Waals surface area contributed by atoms with Crippen LogP contribution >= 0.6 is 0 Å². The van der Waals surface area contributed by atoms with Crippen molar-refractivity contribution in [1.29, 1.82) is 5.26 Å². The number of hydrogen-bond donors (Lipinski definition) is 1. The third-order valence-electron chi connectivity index (χ3n) is 4.10. The van der Waals surface area contributed by atoms with Crippen molar-refractivity contribution in [3.63, 3.8) is 0 Å². The zero-order valence-electron chi connectivity index (χ0n) is 15.5. The minimum Gasteiger partial charge on any atom is -0.490 e. The van der Waals surface area contributed by atoms with E-state index in [2.05, 4.69) is 31.3 Å². The summed E-state index contributed by atoms with van der Waals surface area (Å²) in [6.07, 6.45) is -0.134. The summed E-state index contributed by atoms with van der Waals surface area (Å²) in [4.78, 5) is 11.3. The second kappa shape index (κ2) is 9.47. The minimum absolute atomic E-state index is 0.134. The molecule has 0 saturated heterocycles. The van der Waals surface area contributed by atoms with Gasteiger partial charge in [-0.25, -0.2) is 0 Å². The Morgan fingerprint density at radius 1 is 1.08 bits per heavy atom. The number of amides is 1. The molecule has 26 heavy (non-hydrogen) atoms. The van der Waals surface area contributed by atoms with Gasteiger partial charge in [-0.1, -0.05) is 24.3 Å². The van der Waals surface area contributed by atoms with Crippen LogP contribution in [-0.2, 0) is 11.3 Å². The lowest BCUT2D eigenvalue weighted by atomic mass is 10.1. The van der Waals surface area contributed by atoms with Crippen molar-refractivity contribution in [2.24, 2.45) is 0 Å². The molecule has 0 atom stereocenters. The van der Waals surface area contributed by atoms with Crippen LogP contribution in [-0.4, -0.2) is 19.1 Å². The molecule has 1 N–H and O–H groups in total. The summed E-state index contributed by atoms with van der Waals surface area (Å²) < 4.78 is 11.6. The first-order chi connectivity index (χ1) is 12.5. The summed E-state index contributed by atoms with van der Waals surface area (Å²) in [7, 11) is 0. The monoisotopic (exact) mass is 352 g/mol. The van der Waals surface area contributed by atoms with Crippen molar-refractivity contribution in [2.75, 3.05) is 13.2 Å². The zero-order valence-corrected chi connectivity index (χ0v) is 15.5. The lowest BCUT2D eigenvalue weighted by molar-refractivity contribution is -0.120. The highest BCUT2D eigenvalue weighted by molar-refractivity contribution is 5.77. The molecule has 0 unspecified atom stereocenters. The minimum atomic E-state index is -0.281. The summed E-state index contributed by atoms with van der Waals surface area (Å²) in [6.45, 7) is 7.41. The summed E-state index contributed by atoms with van der Waals surface area (Å²) in [5.74, 6) is 1.36. The van der Waals surface area contributed by atoms with Crippen molar-refractivity contribution < 1.29 is 14.3 Å². The van der Waals surface area contributed by atoms with Gasteiger partial charge < -0.3 is 14.8 Å². The smallest absolute Gasteiger partial charge is 0.234 e. The fourth-order valence-corrected chi connectivity index (χ4v) is 2.53. The maximum Gasteiger partial charge on any atom is 0.234 e. The van der Waals surface area contributed by atoms with Gasteiger partial charge in [0.25, 0.3) is 0 Å². The van der Waals surface area contributed by atoms with Crippen LogP contribution in [0, 0.1) is 32.1 Å². The zero-order chi connectivity index (χ0) is 18.9. The van der Waals surface area contributed by atoms with Gasteiger partial charge in [0.1, 0.15) is 31.1 Å². The predicted molar refractivity (Wildman–Crippen MR) is 100 cm³/mol. The third kappa shape index (κ3) is 5.52. The van der Waals surface area contributed by atoms with E-state index >= 15 is 0 Å². The molecule has 0 radical (unpaired) electrons. The Kier molecular flexibility index (Phi) is 7.04. The maximum atomic E-state index is 11.3. The molecule has 0 aliphatic heterocycles. The number of benzene rings is 2. The first kappa shape index (κ1) is 19.3. The van der Waals surface area contributed by atoms with Crippen molar-refractivity contribution >= 4 is 5.91 Å². The Labute approximate surface area is 154 Å². The number of rotatable bonds is 8. The van der Waals surface area contributed by atoms with Crippen LogP contribution in [0.4, 0.5) is 0 Å². The van der Waals surface area contributed by atoms with Crippen molar-refractivity contribution in [3.8, 4) is 17.6 Å². The maximum absolute atomic E-state index is 11.3. The highest BCUT2D eigenvalue weighted by Crippen LogP contribution is 2.25. The number of nitrogens with one attached hydrogen (secondary N) is 1. The molecule has 2 rings (SSSR count). The average molecular weight is 352 g/mol. The molecule has 0 heterocycles. The number of nitriles is 1. The van der Waals surface area contributed by atoms with Gasteiger partial charge >= 0.3 is 0 Å². The molecule has 0 fully saturated rings. The Morgan fingerprint density at radius 2 is 1.81 bits per heavy atom. The number of carbonyl (C=O) groups is 1. The highest BCUT2D eigenvalue weighted by atomic mass is 16.5. The van der Waals surface area contributed by atoms with Gasteiger partial charge in [-0.2, -0.15) is 5.26 Å². The Bertz CT molecular complexity index is 809. The van der Waals surface area contributed by atoms with Crippen LogP contribution in [0.5, 0.6) is 11.5 Å². The molecule has 0 bridgehead atoms. The molecular formula is C21H24N2O3. The van der Waals surface area contributed by atoms with E-state index in [1.165, 1.54) is 5.56 Å². The van der Waals surface area contributed by atoms with E-state index in [0.29, 0.717) is 19.8 Å². The number of aryl methyl sites for hydroxylation is 2. The average Bonchev–Trinajstić information content (AvgIpc) is 2.63. The molecule has 5 heteroatoms. The van der Waals surface area contributed by atoms with Crippen LogP contribution in [0.1, 0.15) is 28.7 Å². The lowest BCUT2D eigenvalue weighted by Gasteiger charge is -2.14. The topological polar surface area (TPSA) is 71.3 Å². The second-order valence-corrected chi connectivity index (χ2v) is 6.11. The van der Waals surface area contributed by atoms with Gasteiger partial charge in [-0.3, -0.25) is 4.79 Å². The van der Waals surface area contributed by atoms with Crippen molar-refractivity contribution in [1.82, 2.24) is 5.32 Å². The van der Waals surface area contributed by atoms with Crippen molar-refractivity contribution in [3.05, 3.63) is 58.7 Å². The van der Waals surface area contributed by atoms with E-state index in [1.807, 2.05) is 37.3 Å². The third-order valence-corrected chi connectivity index (χ3v) is 4.10. The van der Waals surface area contributed by atoms with E-state index in [4.69, 9.17) is 14.7 Å². The SMILES string of the molecule is Cc1ccc(C)c(OCCOc2cccc(CNC(=O)CC#N)c2)c1C. The fourth-order valence-electron chi connectivity index (χ4n) is 2.53. The standard InChI is InChI=1S/C21H24N2O3/c1-15-7-8-16(2)21(17(15)3)26-12-11-25-19-6-4-5-18(13-19)14-23-20(24)9-10-22/h4-8,13H,9,11-12,14H2,1-3H3,(H,23,24). The second-order valence-electron chi connectivity index (χ2n) is 6.11. The van der Waals surface area contributed by atoms with Gasteiger partial charge in [0.05, 0.1) is 6.07 Å². The number of ether oxygens (including phenoxy) is 2. The predicted octanol–water partition coefficient (Wildman–Crippen LogP) is 3.60. The van der Waals surface area contributed by atoms with E-state index in [-0.39, 0.29) is 12.3 Å². The normalized spacial score (nSPS) is 10.1. The van der Waals surface area contributed by atoms with E-state index in [1.54, 1.807) is 0 Å². The Morgan fingerprint density at radius 3 is 2.58 bits per heavy atom. The summed E-state index contributed by atoms with van der Waals surface area (Å²) in [6, 6.07) is 13.5. The van der Waals surface area contributed by atoms with Crippen LogP contribution in [0.2, 0.25) is 0 Å². The highest BCUT2D eigenvalue weighted by Gasteiger charge is 2.06. The lowest BCUT2D eigenvalue weighted by Crippen LogP contribution is -2.21. The van der Waals surface area contributed by atoms with Crippen LogP contribution in [0.25, 0.3) is 0 Å². The van der Waals surface area contributed by atoms with Gasteiger partial charge in [0, 0.05) is 6.54 Å². The largest absolute Gasteiger partial charge is 0.490 e. The van der Waals surface area contributed by atoms with Gasteiger partial charge in [-0.15, -0.1) is 0 Å². The van der Waals surface area contributed by atoms with Crippen molar-refractivity contribution in [2.45, 2.75) is 33.7 Å². The first-order valence-electron chi connectivity index (χ1n) is 8.56. The fraction of sp³-hybridized carbons (Fsp3) is 0.333. The molecule has 2 aromatic carbocycles. The number of nitrogens with zero attached hydrogens (tertiary/aromatic N) is 1. The van der Waals surface area contributed by atoms with E-state index in [0.717, 1.165) is 28.2 Å². The Balaban J connectivity index is 1.83.